The molecule has 0 bridgehead atoms. The van der Waals surface area contributed by atoms with Gasteiger partial charge in [-0.3, -0.25) is 4.79 Å². The van der Waals surface area contributed by atoms with Crippen LogP contribution in [0.15, 0.2) is 54.7 Å². The predicted octanol–water partition coefficient (Wildman–Crippen LogP) is 3.03. The van der Waals surface area contributed by atoms with Crippen molar-refractivity contribution in [2.24, 2.45) is 0 Å². The Morgan fingerprint density at radius 2 is 1.91 bits per heavy atom. The lowest BCUT2D eigenvalue weighted by Gasteiger charge is -2.06. The molecule has 0 unspecified atom stereocenters. The molecule has 0 amide bonds. The lowest BCUT2D eigenvalue weighted by atomic mass is 10.1. The number of carbonyl (C=O) groups is 1. The molecule has 0 radical (unpaired) electrons. The summed E-state index contributed by atoms with van der Waals surface area (Å²) in [6, 6.07) is 15.3. The van der Waals surface area contributed by atoms with Gasteiger partial charge in [0.1, 0.15) is 18.1 Å². The maximum Gasteiger partial charge on any atom is 0.153 e. The van der Waals surface area contributed by atoms with Gasteiger partial charge in [0, 0.05) is 0 Å². The van der Waals surface area contributed by atoms with Crippen LogP contribution in [-0.4, -0.2) is 21.3 Å². The first kappa shape index (κ1) is 15.0. The molecule has 0 spiro atoms. The highest BCUT2D eigenvalue weighted by Crippen LogP contribution is 2.17. The SMILES string of the molecule is Cc1ccccc1Cn1cc(COc2ccccc2C=O)nn1. The summed E-state index contributed by atoms with van der Waals surface area (Å²) in [7, 11) is 0. The number of rotatable bonds is 6. The zero-order valence-electron chi connectivity index (χ0n) is 12.8. The van der Waals surface area contributed by atoms with E-state index in [0.717, 1.165) is 12.0 Å². The van der Waals surface area contributed by atoms with Crippen molar-refractivity contribution in [3.05, 3.63) is 77.1 Å². The molecule has 116 valence electrons. The second-order valence-corrected chi connectivity index (χ2v) is 5.28. The van der Waals surface area contributed by atoms with Crippen molar-refractivity contribution in [2.75, 3.05) is 0 Å². The average molecular weight is 307 g/mol. The Morgan fingerprint density at radius 1 is 1.13 bits per heavy atom. The normalized spacial score (nSPS) is 10.5. The van der Waals surface area contributed by atoms with Gasteiger partial charge >= 0.3 is 0 Å². The number of hydrogen-bond donors (Lipinski definition) is 0. The Hall–Kier alpha value is -2.95. The molecule has 3 rings (SSSR count). The van der Waals surface area contributed by atoms with Crippen LogP contribution in [0.1, 0.15) is 27.2 Å². The lowest BCUT2D eigenvalue weighted by Crippen LogP contribution is -2.02. The predicted molar refractivity (Wildman–Crippen MR) is 86.5 cm³/mol. The zero-order valence-corrected chi connectivity index (χ0v) is 12.8. The minimum atomic E-state index is 0.276. The van der Waals surface area contributed by atoms with Crippen LogP contribution in [0.4, 0.5) is 0 Å². The van der Waals surface area contributed by atoms with Crippen LogP contribution in [0.5, 0.6) is 5.75 Å². The Kier molecular flexibility index (Phi) is 4.47. The molecule has 0 atom stereocenters. The Bertz CT molecular complexity index is 811. The summed E-state index contributed by atoms with van der Waals surface area (Å²) >= 11 is 0. The van der Waals surface area contributed by atoms with E-state index in [1.54, 1.807) is 22.9 Å². The summed E-state index contributed by atoms with van der Waals surface area (Å²) in [6.07, 6.45) is 2.64. The van der Waals surface area contributed by atoms with Crippen molar-refractivity contribution in [2.45, 2.75) is 20.1 Å². The number of carbonyl (C=O) groups excluding carboxylic acids is 1. The van der Waals surface area contributed by atoms with Crippen LogP contribution in [0.25, 0.3) is 0 Å². The molecule has 0 saturated heterocycles. The molecule has 3 aromatic rings. The Labute approximate surface area is 134 Å². The first-order valence-electron chi connectivity index (χ1n) is 7.37. The van der Waals surface area contributed by atoms with Crippen molar-refractivity contribution in [3.63, 3.8) is 0 Å². The molecule has 0 aliphatic rings. The van der Waals surface area contributed by atoms with E-state index in [2.05, 4.69) is 29.4 Å². The topological polar surface area (TPSA) is 57.0 Å². The first-order chi connectivity index (χ1) is 11.3. The average Bonchev–Trinajstić information content (AvgIpc) is 3.03. The van der Waals surface area contributed by atoms with E-state index in [9.17, 15) is 4.79 Å². The van der Waals surface area contributed by atoms with E-state index in [0.29, 0.717) is 17.9 Å². The molecular formula is C18H17N3O2. The van der Waals surface area contributed by atoms with Crippen molar-refractivity contribution < 1.29 is 9.53 Å². The number of aromatic nitrogens is 3. The van der Waals surface area contributed by atoms with E-state index in [1.165, 1.54) is 11.1 Å². The summed E-state index contributed by atoms with van der Waals surface area (Å²) in [5, 5.41) is 8.24. The lowest BCUT2D eigenvalue weighted by molar-refractivity contribution is 0.111. The number of aryl methyl sites for hydroxylation is 1. The van der Waals surface area contributed by atoms with Crippen LogP contribution in [0.3, 0.4) is 0 Å². The maximum absolute atomic E-state index is 11.0. The quantitative estimate of drug-likeness (QED) is 0.657. The summed E-state index contributed by atoms with van der Waals surface area (Å²) in [4.78, 5) is 11.0. The second-order valence-electron chi connectivity index (χ2n) is 5.28. The molecule has 0 saturated carbocycles. The highest BCUT2D eigenvalue weighted by molar-refractivity contribution is 5.79. The van der Waals surface area contributed by atoms with Gasteiger partial charge < -0.3 is 4.74 Å². The standard InChI is InChI=1S/C18H17N3O2/c1-14-6-2-3-7-15(14)10-21-11-17(19-20-21)13-23-18-9-5-4-8-16(18)12-22/h2-9,11-12H,10,13H2,1H3. The molecule has 0 aliphatic heterocycles. The monoisotopic (exact) mass is 307 g/mol. The van der Waals surface area contributed by atoms with E-state index >= 15 is 0 Å². The number of para-hydroxylation sites is 1. The molecule has 5 nitrogen and oxygen atoms in total. The third-order valence-electron chi connectivity index (χ3n) is 3.60. The van der Waals surface area contributed by atoms with Gasteiger partial charge in [0.05, 0.1) is 18.3 Å². The minimum absolute atomic E-state index is 0.276. The van der Waals surface area contributed by atoms with E-state index < -0.39 is 0 Å². The fourth-order valence-electron chi connectivity index (χ4n) is 2.30. The second kappa shape index (κ2) is 6.87. The third-order valence-corrected chi connectivity index (χ3v) is 3.60. The Morgan fingerprint density at radius 3 is 2.74 bits per heavy atom. The number of nitrogens with zero attached hydrogens (tertiary/aromatic N) is 3. The smallest absolute Gasteiger partial charge is 0.153 e. The number of hydrogen-bond acceptors (Lipinski definition) is 4. The van der Waals surface area contributed by atoms with Gasteiger partial charge in [-0.15, -0.1) is 5.10 Å². The van der Waals surface area contributed by atoms with Gasteiger partial charge in [-0.25, -0.2) is 4.68 Å². The van der Waals surface area contributed by atoms with E-state index in [4.69, 9.17) is 4.74 Å². The van der Waals surface area contributed by atoms with Gasteiger partial charge in [0.25, 0.3) is 0 Å². The third kappa shape index (κ3) is 3.63. The van der Waals surface area contributed by atoms with Crippen molar-refractivity contribution in [3.8, 4) is 5.75 Å². The van der Waals surface area contributed by atoms with Gasteiger partial charge in [0.15, 0.2) is 6.29 Å². The van der Waals surface area contributed by atoms with Crippen LogP contribution in [0.2, 0.25) is 0 Å². The molecule has 2 aromatic carbocycles. The fraction of sp³-hybridized carbons (Fsp3) is 0.167. The molecule has 0 N–H and O–H groups in total. The Balaban J connectivity index is 1.66. The molecule has 1 heterocycles. The molecular weight excluding hydrogens is 290 g/mol. The summed E-state index contributed by atoms with van der Waals surface area (Å²) in [5.74, 6) is 0.552. The van der Waals surface area contributed by atoms with Crippen molar-refractivity contribution in [1.29, 1.82) is 0 Å². The minimum Gasteiger partial charge on any atom is -0.486 e. The van der Waals surface area contributed by atoms with Crippen LogP contribution < -0.4 is 4.74 Å². The number of ether oxygens (including phenoxy) is 1. The van der Waals surface area contributed by atoms with Gasteiger partial charge in [-0.2, -0.15) is 0 Å². The molecule has 5 heteroatoms. The van der Waals surface area contributed by atoms with Crippen LogP contribution >= 0.6 is 0 Å². The number of aldehydes is 1. The highest BCUT2D eigenvalue weighted by atomic mass is 16.5. The van der Waals surface area contributed by atoms with Gasteiger partial charge in [-0.1, -0.05) is 41.6 Å². The number of benzene rings is 2. The first-order valence-corrected chi connectivity index (χ1v) is 7.37. The maximum atomic E-state index is 11.0. The van der Waals surface area contributed by atoms with Crippen molar-refractivity contribution in [1.82, 2.24) is 15.0 Å². The molecule has 0 aliphatic carbocycles. The molecule has 23 heavy (non-hydrogen) atoms. The summed E-state index contributed by atoms with van der Waals surface area (Å²) < 4.78 is 7.44. The highest BCUT2D eigenvalue weighted by Gasteiger charge is 2.06. The largest absolute Gasteiger partial charge is 0.486 e. The van der Waals surface area contributed by atoms with Crippen molar-refractivity contribution >= 4 is 6.29 Å². The zero-order chi connectivity index (χ0) is 16.1. The fourth-order valence-corrected chi connectivity index (χ4v) is 2.30. The molecule has 1 aromatic heterocycles. The van der Waals surface area contributed by atoms with E-state index in [-0.39, 0.29) is 6.61 Å². The van der Waals surface area contributed by atoms with Crippen LogP contribution in [0, 0.1) is 6.92 Å². The summed E-state index contributed by atoms with van der Waals surface area (Å²) in [5.41, 5.74) is 3.68. The molecule has 0 fully saturated rings. The van der Waals surface area contributed by atoms with Crippen LogP contribution in [-0.2, 0) is 13.2 Å². The van der Waals surface area contributed by atoms with Gasteiger partial charge in [-0.05, 0) is 30.2 Å². The summed E-state index contributed by atoms with van der Waals surface area (Å²) in [6.45, 7) is 3.02. The van der Waals surface area contributed by atoms with Gasteiger partial charge in [0.2, 0.25) is 0 Å². The van der Waals surface area contributed by atoms with E-state index in [1.807, 2.05) is 24.4 Å².